The van der Waals surface area contributed by atoms with Crippen LogP contribution in [0.25, 0.3) is 0 Å². The number of nitriles is 1. The van der Waals surface area contributed by atoms with Crippen LogP contribution in [-0.4, -0.2) is 41.8 Å². The normalized spacial score (nSPS) is 26.5. The van der Waals surface area contributed by atoms with Gasteiger partial charge < -0.3 is 21.8 Å². The second kappa shape index (κ2) is 9.18. The molecular weight excluding hydrogens is 480 g/mol. The third-order valence-corrected chi connectivity index (χ3v) is 9.90. The van der Waals surface area contributed by atoms with Crippen LogP contribution < -0.4 is 16.9 Å². The second-order valence-corrected chi connectivity index (χ2v) is 11.4. The number of hydrogen-bond acceptors (Lipinski definition) is 8. The predicted molar refractivity (Wildman–Crippen MR) is 136 cm³/mol. The van der Waals surface area contributed by atoms with Crippen LogP contribution in [-0.2, 0) is 18.3 Å². The molecule has 1 aliphatic heterocycles. The molecule has 2 fully saturated rings. The highest BCUT2D eigenvalue weighted by Gasteiger charge is 2.52. The van der Waals surface area contributed by atoms with Crippen molar-refractivity contribution in [3.63, 3.8) is 0 Å². The van der Waals surface area contributed by atoms with E-state index in [9.17, 15) is 10.1 Å². The molecule has 3 aliphatic rings. The van der Waals surface area contributed by atoms with Gasteiger partial charge in [-0.3, -0.25) is 10.2 Å². The molecule has 1 amide bonds. The van der Waals surface area contributed by atoms with Gasteiger partial charge in [0.05, 0.1) is 10.9 Å². The van der Waals surface area contributed by atoms with Crippen molar-refractivity contribution in [2.45, 2.75) is 49.6 Å². The summed E-state index contributed by atoms with van der Waals surface area (Å²) in [6.07, 6.45) is 4.17. The average Bonchev–Trinajstić information content (AvgIpc) is 3.19. The number of rotatable bonds is 8. The number of nitrogens with one attached hydrogen (secondary N) is 2. The molecule has 2 aromatic rings. The second-order valence-electron chi connectivity index (χ2n) is 9.42. The van der Waals surface area contributed by atoms with Crippen LogP contribution in [0.3, 0.4) is 0 Å². The molecule has 182 valence electrons. The number of thiophene rings is 2. The molecule has 0 bridgehead atoms. The monoisotopic (exact) mass is 508 g/mol. The van der Waals surface area contributed by atoms with Crippen LogP contribution >= 0.6 is 22.7 Å². The largest absolute Gasteiger partial charge is 0.365 e. The van der Waals surface area contributed by atoms with E-state index in [1.807, 2.05) is 11.4 Å². The number of amidine groups is 1. The number of likely N-dealkylation sites (tertiary alicyclic amines) is 1. The molecule has 11 heteroatoms. The van der Waals surface area contributed by atoms with Crippen LogP contribution in [0.2, 0.25) is 0 Å². The number of carbonyl (C=O) groups is 1. The van der Waals surface area contributed by atoms with Crippen molar-refractivity contribution >= 4 is 34.4 Å². The molecule has 5 rings (SSSR count). The van der Waals surface area contributed by atoms with Crippen LogP contribution in [0.1, 0.15) is 49.8 Å². The number of aryl methyl sites for hydroxylation is 2. The average molecular weight is 509 g/mol. The van der Waals surface area contributed by atoms with Crippen LogP contribution in [0.4, 0.5) is 0 Å². The Morgan fingerprint density at radius 2 is 2.17 bits per heavy atom. The van der Waals surface area contributed by atoms with Gasteiger partial charge in [0.25, 0.3) is 5.91 Å². The lowest BCUT2D eigenvalue weighted by molar-refractivity contribution is 0.100. The SMILES string of the molecule is C=C(CNCCC1(C(=N)N=NN)c2sccc2CCc2cc(C(N)=O)sc21)N1C(C#N)C[C@@H]2C[C@@H]21. The van der Waals surface area contributed by atoms with Crippen molar-refractivity contribution in [2.75, 3.05) is 13.1 Å². The number of hydrogen-bond donors (Lipinski definition) is 4. The van der Waals surface area contributed by atoms with Crippen molar-refractivity contribution in [1.29, 1.82) is 10.7 Å². The molecule has 9 nitrogen and oxygen atoms in total. The van der Waals surface area contributed by atoms with E-state index in [0.29, 0.717) is 36.3 Å². The maximum atomic E-state index is 12.0. The molecule has 0 aromatic carbocycles. The molecule has 0 radical (unpaired) electrons. The smallest absolute Gasteiger partial charge is 0.258 e. The summed E-state index contributed by atoms with van der Waals surface area (Å²) in [7, 11) is 0. The summed E-state index contributed by atoms with van der Waals surface area (Å²) in [6, 6.07) is 6.73. The van der Waals surface area contributed by atoms with E-state index >= 15 is 0 Å². The highest BCUT2D eigenvalue weighted by atomic mass is 32.1. The van der Waals surface area contributed by atoms with Crippen molar-refractivity contribution in [2.24, 2.45) is 27.8 Å². The zero-order valence-electron chi connectivity index (χ0n) is 19.3. The van der Waals surface area contributed by atoms with E-state index < -0.39 is 11.3 Å². The van der Waals surface area contributed by atoms with E-state index in [4.69, 9.17) is 17.0 Å². The molecular formula is C24H28N8OS2. The van der Waals surface area contributed by atoms with Crippen LogP contribution in [0, 0.1) is 22.7 Å². The number of nitrogens with two attached hydrogens (primary N) is 2. The molecule has 6 N–H and O–H groups in total. The molecule has 3 heterocycles. The lowest BCUT2D eigenvalue weighted by Gasteiger charge is -2.32. The van der Waals surface area contributed by atoms with Crippen molar-refractivity contribution < 1.29 is 4.79 Å². The van der Waals surface area contributed by atoms with Gasteiger partial charge in [-0.25, -0.2) is 0 Å². The maximum Gasteiger partial charge on any atom is 0.258 e. The summed E-state index contributed by atoms with van der Waals surface area (Å²) in [5.41, 5.74) is 7.86. The Labute approximate surface area is 212 Å². The van der Waals surface area contributed by atoms with Crippen molar-refractivity contribution in [3.8, 4) is 6.07 Å². The number of nitrogens with zero attached hydrogens (tertiary/aromatic N) is 4. The van der Waals surface area contributed by atoms with E-state index in [1.165, 1.54) is 16.9 Å². The zero-order valence-corrected chi connectivity index (χ0v) is 20.9. The molecule has 1 saturated carbocycles. The molecule has 1 saturated heterocycles. The van der Waals surface area contributed by atoms with Gasteiger partial charge in [0.15, 0.2) is 5.84 Å². The third kappa shape index (κ3) is 3.95. The minimum atomic E-state index is -0.880. The van der Waals surface area contributed by atoms with E-state index in [-0.39, 0.29) is 11.9 Å². The van der Waals surface area contributed by atoms with E-state index in [1.54, 1.807) is 11.3 Å². The number of primary amides is 1. The summed E-state index contributed by atoms with van der Waals surface area (Å²) in [4.78, 5) is 16.6. The Morgan fingerprint density at radius 1 is 1.37 bits per heavy atom. The molecule has 0 spiro atoms. The van der Waals surface area contributed by atoms with Gasteiger partial charge in [0, 0.05) is 28.0 Å². The third-order valence-electron chi connectivity index (χ3n) is 7.42. The Morgan fingerprint density at radius 3 is 2.91 bits per heavy atom. The lowest BCUT2D eigenvalue weighted by Crippen LogP contribution is -2.40. The fraction of sp³-hybridized carbons (Fsp3) is 0.458. The zero-order chi connectivity index (χ0) is 24.7. The topological polar surface area (TPSA) is 157 Å². The molecule has 4 atom stereocenters. The standard InChI is InChI=1S/C24H28N8OS2/c1-13(32-17(11-25)8-16-9-18(16)32)12-29-6-5-24(23(27)30-31-28)20-14(4-7-34-20)2-3-15-10-19(22(26)33)35-21(15)24/h4,7,10,16-18,29H,1-3,5-6,8-9,12H2,(H2,26,33)(H3,27,28,30)/t16-,17?,18+,24?/m1/s1. The van der Waals surface area contributed by atoms with Gasteiger partial charge in [-0.2, -0.15) is 5.26 Å². The molecule has 2 aromatic heterocycles. The Bertz CT molecular complexity index is 1260. The van der Waals surface area contributed by atoms with Gasteiger partial charge in [0.1, 0.15) is 11.5 Å². The number of amides is 1. The van der Waals surface area contributed by atoms with Gasteiger partial charge in [-0.05, 0) is 73.2 Å². The first-order valence-corrected chi connectivity index (χ1v) is 13.4. The van der Waals surface area contributed by atoms with Gasteiger partial charge >= 0.3 is 0 Å². The number of carbonyl (C=O) groups excluding carboxylic acids is 1. The Kier molecular flexibility index (Phi) is 6.21. The van der Waals surface area contributed by atoms with Gasteiger partial charge in [-0.1, -0.05) is 11.8 Å². The van der Waals surface area contributed by atoms with E-state index in [0.717, 1.165) is 46.7 Å². The lowest BCUT2D eigenvalue weighted by atomic mass is 9.78. The molecule has 2 unspecified atom stereocenters. The minimum absolute atomic E-state index is 0.0512. The highest BCUT2D eigenvalue weighted by Crippen LogP contribution is 2.50. The van der Waals surface area contributed by atoms with Crippen LogP contribution in [0.5, 0.6) is 0 Å². The Balaban J connectivity index is 1.42. The van der Waals surface area contributed by atoms with Crippen LogP contribution in [0.15, 0.2) is 40.1 Å². The summed E-state index contributed by atoms with van der Waals surface area (Å²) in [5, 5.41) is 31.4. The first-order chi connectivity index (χ1) is 16.9. The minimum Gasteiger partial charge on any atom is -0.365 e. The summed E-state index contributed by atoms with van der Waals surface area (Å²) in [6.45, 7) is 5.38. The predicted octanol–water partition coefficient (Wildman–Crippen LogP) is 3.08. The van der Waals surface area contributed by atoms with Crippen molar-refractivity contribution in [3.05, 3.63) is 55.5 Å². The van der Waals surface area contributed by atoms with Gasteiger partial charge in [0.2, 0.25) is 0 Å². The number of piperidine rings is 1. The summed E-state index contributed by atoms with van der Waals surface area (Å²) in [5.74, 6) is 5.61. The fourth-order valence-electron chi connectivity index (χ4n) is 5.71. The van der Waals surface area contributed by atoms with E-state index in [2.05, 4.69) is 39.3 Å². The number of fused-ring (bicyclic) bond motifs is 3. The van der Waals surface area contributed by atoms with Gasteiger partial charge in [-0.15, -0.1) is 27.8 Å². The molecule has 2 aliphatic carbocycles. The summed E-state index contributed by atoms with van der Waals surface area (Å²) < 4.78 is 0. The first kappa shape index (κ1) is 23.7. The first-order valence-electron chi connectivity index (χ1n) is 11.7. The highest BCUT2D eigenvalue weighted by molar-refractivity contribution is 7.15. The van der Waals surface area contributed by atoms with Crippen molar-refractivity contribution in [1.82, 2.24) is 10.2 Å². The Hall–Kier alpha value is -3.07. The molecule has 35 heavy (non-hydrogen) atoms. The fourth-order valence-corrected chi connectivity index (χ4v) is 8.25. The maximum absolute atomic E-state index is 12.0. The quantitative estimate of drug-likeness (QED) is 0.108. The summed E-state index contributed by atoms with van der Waals surface area (Å²) >= 11 is 2.93.